The molecule has 0 saturated heterocycles. The summed E-state index contributed by atoms with van der Waals surface area (Å²) in [6, 6.07) is 7.96. The Kier molecular flexibility index (Phi) is 5.19. The molecule has 0 heterocycles. The van der Waals surface area contributed by atoms with Gasteiger partial charge in [-0.15, -0.1) is 0 Å². The zero-order valence-electron chi connectivity index (χ0n) is 9.57. The number of ether oxygens (including phenoxy) is 1. The molecule has 1 aromatic rings. The number of rotatable bonds is 1. The molecule has 0 aliphatic heterocycles. The van der Waals surface area contributed by atoms with Gasteiger partial charge < -0.3 is 9.84 Å². The third-order valence-electron chi connectivity index (χ3n) is 2.58. The highest BCUT2D eigenvalue weighted by Gasteiger charge is 2.09. The lowest BCUT2D eigenvalue weighted by Gasteiger charge is -1.97. The number of hydrogen-bond acceptors (Lipinski definition) is 2. The van der Waals surface area contributed by atoms with E-state index in [0.717, 1.165) is 18.6 Å². The SMILES string of the molecule is COc1ccc(C)cc1.OC1CCCC1. The van der Waals surface area contributed by atoms with Crippen molar-refractivity contribution in [2.45, 2.75) is 38.7 Å². The molecular weight excluding hydrogens is 188 g/mol. The highest BCUT2D eigenvalue weighted by molar-refractivity contribution is 5.25. The van der Waals surface area contributed by atoms with E-state index in [9.17, 15) is 0 Å². The summed E-state index contributed by atoms with van der Waals surface area (Å²) in [6.45, 7) is 2.06. The number of aliphatic hydroxyl groups excluding tert-OH is 1. The molecule has 1 N–H and O–H groups in total. The van der Waals surface area contributed by atoms with Crippen molar-refractivity contribution in [3.63, 3.8) is 0 Å². The van der Waals surface area contributed by atoms with Crippen molar-refractivity contribution in [1.82, 2.24) is 0 Å². The van der Waals surface area contributed by atoms with E-state index in [-0.39, 0.29) is 6.10 Å². The van der Waals surface area contributed by atoms with Crippen LogP contribution in [0.25, 0.3) is 0 Å². The second kappa shape index (κ2) is 6.46. The van der Waals surface area contributed by atoms with Gasteiger partial charge in [0.25, 0.3) is 0 Å². The molecule has 1 fully saturated rings. The van der Waals surface area contributed by atoms with Crippen molar-refractivity contribution in [3.8, 4) is 5.75 Å². The van der Waals surface area contributed by atoms with Crippen LogP contribution in [0.1, 0.15) is 31.2 Å². The van der Waals surface area contributed by atoms with Gasteiger partial charge in [0.15, 0.2) is 0 Å². The van der Waals surface area contributed by atoms with Gasteiger partial charge in [-0.1, -0.05) is 30.5 Å². The smallest absolute Gasteiger partial charge is 0.118 e. The largest absolute Gasteiger partial charge is 0.497 e. The minimum absolute atomic E-state index is 0.0463. The first-order valence-electron chi connectivity index (χ1n) is 5.51. The van der Waals surface area contributed by atoms with Crippen molar-refractivity contribution in [3.05, 3.63) is 29.8 Å². The molecule has 2 heteroatoms. The minimum atomic E-state index is 0.0463. The van der Waals surface area contributed by atoms with Gasteiger partial charge in [0.1, 0.15) is 5.75 Å². The van der Waals surface area contributed by atoms with Gasteiger partial charge in [-0.05, 0) is 31.9 Å². The molecule has 0 atom stereocenters. The van der Waals surface area contributed by atoms with E-state index < -0.39 is 0 Å². The highest BCUT2D eigenvalue weighted by Crippen LogP contribution is 2.16. The Labute approximate surface area is 91.9 Å². The van der Waals surface area contributed by atoms with Crippen molar-refractivity contribution in [2.24, 2.45) is 0 Å². The predicted molar refractivity (Wildman–Crippen MR) is 62.2 cm³/mol. The molecule has 0 amide bonds. The molecule has 15 heavy (non-hydrogen) atoms. The Morgan fingerprint density at radius 2 is 1.67 bits per heavy atom. The third kappa shape index (κ3) is 4.84. The average molecular weight is 208 g/mol. The fraction of sp³-hybridized carbons (Fsp3) is 0.538. The van der Waals surface area contributed by atoms with Crippen LogP contribution in [0.3, 0.4) is 0 Å². The lowest BCUT2D eigenvalue weighted by Crippen LogP contribution is -1.94. The Hall–Kier alpha value is -1.02. The van der Waals surface area contributed by atoms with E-state index in [1.165, 1.54) is 18.4 Å². The zero-order valence-corrected chi connectivity index (χ0v) is 9.57. The monoisotopic (exact) mass is 208 g/mol. The molecule has 0 radical (unpaired) electrons. The van der Waals surface area contributed by atoms with Crippen LogP contribution in [-0.2, 0) is 0 Å². The number of hydrogen-bond donors (Lipinski definition) is 1. The molecule has 84 valence electrons. The summed E-state index contributed by atoms with van der Waals surface area (Å²) < 4.78 is 4.97. The maximum atomic E-state index is 8.73. The number of aryl methyl sites for hydroxylation is 1. The predicted octanol–water partition coefficient (Wildman–Crippen LogP) is 2.92. The summed E-state index contributed by atoms with van der Waals surface area (Å²) >= 11 is 0. The molecule has 1 aliphatic carbocycles. The second-order valence-corrected chi connectivity index (χ2v) is 3.96. The number of aliphatic hydroxyl groups is 1. The third-order valence-corrected chi connectivity index (χ3v) is 2.58. The summed E-state index contributed by atoms with van der Waals surface area (Å²) in [7, 11) is 1.67. The fourth-order valence-electron chi connectivity index (χ4n) is 1.58. The van der Waals surface area contributed by atoms with E-state index in [2.05, 4.69) is 6.92 Å². The quantitative estimate of drug-likeness (QED) is 0.769. The van der Waals surface area contributed by atoms with Gasteiger partial charge in [0.2, 0.25) is 0 Å². The van der Waals surface area contributed by atoms with Crippen LogP contribution in [0.2, 0.25) is 0 Å². The number of benzene rings is 1. The van der Waals surface area contributed by atoms with Crippen molar-refractivity contribution in [1.29, 1.82) is 0 Å². The van der Waals surface area contributed by atoms with E-state index in [1.807, 2.05) is 24.3 Å². The van der Waals surface area contributed by atoms with E-state index in [1.54, 1.807) is 7.11 Å². The van der Waals surface area contributed by atoms with Gasteiger partial charge in [-0.2, -0.15) is 0 Å². The van der Waals surface area contributed by atoms with Crippen LogP contribution in [0.4, 0.5) is 0 Å². The van der Waals surface area contributed by atoms with E-state index in [4.69, 9.17) is 9.84 Å². The first kappa shape index (κ1) is 12.1. The molecule has 1 saturated carbocycles. The van der Waals surface area contributed by atoms with Crippen LogP contribution in [0, 0.1) is 6.92 Å². The maximum Gasteiger partial charge on any atom is 0.118 e. The summed E-state index contributed by atoms with van der Waals surface area (Å²) in [5.74, 6) is 0.917. The number of methoxy groups -OCH3 is 1. The molecule has 2 rings (SSSR count). The molecular formula is C13H20O2. The Balaban J connectivity index is 0.000000162. The Bertz CT molecular complexity index is 260. The zero-order chi connectivity index (χ0) is 11.1. The second-order valence-electron chi connectivity index (χ2n) is 3.96. The maximum absolute atomic E-state index is 8.73. The molecule has 0 unspecified atom stereocenters. The van der Waals surface area contributed by atoms with Gasteiger partial charge in [-0.25, -0.2) is 0 Å². The summed E-state index contributed by atoms with van der Waals surface area (Å²) in [5.41, 5.74) is 1.26. The van der Waals surface area contributed by atoms with Crippen LogP contribution < -0.4 is 4.74 Å². The van der Waals surface area contributed by atoms with Gasteiger partial charge in [0, 0.05) is 0 Å². The normalized spacial score (nSPS) is 15.7. The minimum Gasteiger partial charge on any atom is -0.497 e. The van der Waals surface area contributed by atoms with Crippen molar-refractivity contribution in [2.75, 3.05) is 7.11 Å². The van der Waals surface area contributed by atoms with Crippen LogP contribution in [0.15, 0.2) is 24.3 Å². The first-order chi connectivity index (χ1) is 7.22. The van der Waals surface area contributed by atoms with E-state index >= 15 is 0 Å². The first-order valence-corrected chi connectivity index (χ1v) is 5.51. The molecule has 0 spiro atoms. The standard InChI is InChI=1S/C8H10O.C5H10O/c1-7-3-5-8(9-2)6-4-7;6-5-3-1-2-4-5/h3-6H,1-2H3;5-6H,1-4H2. The molecule has 1 aromatic carbocycles. The lowest BCUT2D eigenvalue weighted by molar-refractivity contribution is 0.183. The lowest BCUT2D eigenvalue weighted by atomic mass is 10.2. The molecule has 1 aliphatic rings. The molecule has 2 nitrogen and oxygen atoms in total. The Morgan fingerprint density at radius 3 is 2.00 bits per heavy atom. The molecule has 0 bridgehead atoms. The van der Waals surface area contributed by atoms with Crippen LogP contribution in [0.5, 0.6) is 5.75 Å². The summed E-state index contributed by atoms with van der Waals surface area (Å²) in [5, 5.41) is 8.73. The Morgan fingerprint density at radius 1 is 1.13 bits per heavy atom. The van der Waals surface area contributed by atoms with Gasteiger partial charge in [0.05, 0.1) is 13.2 Å². The van der Waals surface area contributed by atoms with Crippen molar-refractivity contribution >= 4 is 0 Å². The van der Waals surface area contributed by atoms with Crippen LogP contribution in [-0.4, -0.2) is 18.3 Å². The van der Waals surface area contributed by atoms with Gasteiger partial charge >= 0.3 is 0 Å². The highest BCUT2D eigenvalue weighted by atomic mass is 16.5. The van der Waals surface area contributed by atoms with Gasteiger partial charge in [-0.3, -0.25) is 0 Å². The fourth-order valence-corrected chi connectivity index (χ4v) is 1.58. The van der Waals surface area contributed by atoms with Crippen molar-refractivity contribution < 1.29 is 9.84 Å². The summed E-state index contributed by atoms with van der Waals surface area (Å²) in [4.78, 5) is 0. The topological polar surface area (TPSA) is 29.5 Å². The average Bonchev–Trinajstić information content (AvgIpc) is 2.71. The van der Waals surface area contributed by atoms with E-state index in [0.29, 0.717) is 0 Å². The van der Waals surface area contributed by atoms with Crippen LogP contribution >= 0.6 is 0 Å². The molecule has 0 aromatic heterocycles. The summed E-state index contributed by atoms with van der Waals surface area (Å²) in [6.07, 6.45) is 4.60.